The van der Waals surface area contributed by atoms with Crippen LogP contribution in [0.25, 0.3) is 0 Å². The predicted octanol–water partition coefficient (Wildman–Crippen LogP) is 4.26. The number of carbonyl (C=O) groups is 1. The van der Waals surface area contributed by atoms with E-state index in [1.807, 2.05) is 0 Å². The van der Waals surface area contributed by atoms with Crippen LogP contribution in [0.15, 0.2) is 76.7 Å². The van der Waals surface area contributed by atoms with E-state index in [-0.39, 0.29) is 26.9 Å². The van der Waals surface area contributed by atoms with Crippen molar-refractivity contribution in [3.05, 3.63) is 87.9 Å². The highest BCUT2D eigenvalue weighted by molar-refractivity contribution is 7.92. The zero-order chi connectivity index (χ0) is 21.7. The highest BCUT2D eigenvalue weighted by Crippen LogP contribution is 2.28. The van der Waals surface area contributed by atoms with Crippen LogP contribution in [-0.4, -0.2) is 25.6 Å². The lowest BCUT2D eigenvalue weighted by Crippen LogP contribution is -2.19. The average molecular weight is 464 g/mol. The van der Waals surface area contributed by atoms with Crippen molar-refractivity contribution < 1.29 is 18.3 Å². The molecule has 3 N–H and O–H groups in total. The van der Waals surface area contributed by atoms with Crippen LogP contribution in [0.1, 0.15) is 15.9 Å². The quantitative estimate of drug-likeness (QED) is 0.374. The normalized spacial score (nSPS) is 11.4. The number of halogens is 2. The van der Waals surface area contributed by atoms with Gasteiger partial charge in [-0.05, 0) is 54.1 Å². The summed E-state index contributed by atoms with van der Waals surface area (Å²) in [4.78, 5) is 12.2. The van der Waals surface area contributed by atoms with Gasteiger partial charge in [-0.15, -0.1) is 0 Å². The van der Waals surface area contributed by atoms with Crippen molar-refractivity contribution in [2.45, 2.75) is 4.90 Å². The third kappa shape index (κ3) is 5.50. The van der Waals surface area contributed by atoms with Gasteiger partial charge in [-0.1, -0.05) is 41.4 Å². The molecule has 0 bridgehead atoms. The van der Waals surface area contributed by atoms with Gasteiger partial charge in [0.15, 0.2) is 0 Å². The van der Waals surface area contributed by atoms with E-state index in [1.165, 1.54) is 60.8 Å². The smallest absolute Gasteiger partial charge is 0.271 e. The number of aromatic hydroxyl groups is 1. The molecule has 0 spiro atoms. The fourth-order valence-electron chi connectivity index (χ4n) is 2.42. The number of hydrogen-bond donors (Lipinski definition) is 3. The molecule has 0 radical (unpaired) electrons. The molecule has 0 heterocycles. The molecule has 0 unspecified atom stereocenters. The Morgan fingerprint density at radius 2 is 1.77 bits per heavy atom. The SMILES string of the molecule is O=C(N/N=C\c1cccc(O)c1)c1cccc(S(=O)(=O)Nc2cc(Cl)ccc2Cl)c1. The van der Waals surface area contributed by atoms with E-state index in [2.05, 4.69) is 15.2 Å². The van der Waals surface area contributed by atoms with Gasteiger partial charge in [0.2, 0.25) is 0 Å². The molecule has 30 heavy (non-hydrogen) atoms. The molecule has 0 aliphatic heterocycles. The minimum Gasteiger partial charge on any atom is -0.508 e. The Hall–Kier alpha value is -3.07. The van der Waals surface area contributed by atoms with Crippen LogP contribution >= 0.6 is 23.2 Å². The number of sulfonamides is 1. The average Bonchev–Trinajstić information content (AvgIpc) is 2.71. The van der Waals surface area contributed by atoms with Gasteiger partial charge in [0.25, 0.3) is 15.9 Å². The molecule has 1 amide bonds. The summed E-state index contributed by atoms with van der Waals surface area (Å²) in [6.45, 7) is 0. The Morgan fingerprint density at radius 1 is 1.00 bits per heavy atom. The summed E-state index contributed by atoms with van der Waals surface area (Å²) in [6.07, 6.45) is 1.35. The van der Waals surface area contributed by atoms with E-state index in [1.54, 1.807) is 12.1 Å². The fourth-order valence-corrected chi connectivity index (χ4v) is 3.93. The molecular weight excluding hydrogens is 449 g/mol. The van der Waals surface area contributed by atoms with Crippen LogP contribution in [0.3, 0.4) is 0 Å². The van der Waals surface area contributed by atoms with Crippen LogP contribution in [-0.2, 0) is 10.0 Å². The topological polar surface area (TPSA) is 108 Å². The van der Waals surface area contributed by atoms with Crippen LogP contribution in [0.5, 0.6) is 5.75 Å². The Balaban J connectivity index is 1.76. The van der Waals surface area contributed by atoms with Gasteiger partial charge in [-0.25, -0.2) is 13.8 Å². The van der Waals surface area contributed by atoms with Crippen molar-refractivity contribution in [2.75, 3.05) is 4.72 Å². The second-order valence-electron chi connectivity index (χ2n) is 6.05. The van der Waals surface area contributed by atoms with Crippen molar-refractivity contribution in [1.82, 2.24) is 5.43 Å². The van der Waals surface area contributed by atoms with E-state index in [0.717, 1.165) is 0 Å². The lowest BCUT2D eigenvalue weighted by Gasteiger charge is -2.11. The molecule has 3 aromatic carbocycles. The zero-order valence-electron chi connectivity index (χ0n) is 15.2. The summed E-state index contributed by atoms with van der Waals surface area (Å²) in [6, 6.07) is 16.1. The maximum absolute atomic E-state index is 12.7. The van der Waals surface area contributed by atoms with Gasteiger partial charge in [-0.3, -0.25) is 9.52 Å². The van der Waals surface area contributed by atoms with Crippen molar-refractivity contribution in [1.29, 1.82) is 0 Å². The Labute approximate surface area is 183 Å². The number of rotatable bonds is 6. The van der Waals surface area contributed by atoms with E-state index in [4.69, 9.17) is 23.2 Å². The first kappa shape index (κ1) is 21.6. The van der Waals surface area contributed by atoms with Crippen LogP contribution in [0.2, 0.25) is 10.0 Å². The predicted molar refractivity (Wildman–Crippen MR) is 117 cm³/mol. The van der Waals surface area contributed by atoms with Crippen molar-refractivity contribution >= 4 is 51.0 Å². The minimum atomic E-state index is -4.02. The molecule has 0 aromatic heterocycles. The lowest BCUT2D eigenvalue weighted by molar-refractivity contribution is 0.0955. The first-order valence-electron chi connectivity index (χ1n) is 8.45. The third-order valence-electron chi connectivity index (χ3n) is 3.83. The van der Waals surface area contributed by atoms with Crippen molar-refractivity contribution in [3.8, 4) is 5.75 Å². The van der Waals surface area contributed by atoms with Crippen LogP contribution < -0.4 is 10.1 Å². The minimum absolute atomic E-state index is 0.0653. The highest BCUT2D eigenvalue weighted by Gasteiger charge is 2.18. The zero-order valence-corrected chi connectivity index (χ0v) is 17.5. The first-order chi connectivity index (χ1) is 14.2. The number of hydrogen-bond acceptors (Lipinski definition) is 5. The van der Waals surface area contributed by atoms with Crippen molar-refractivity contribution in [2.24, 2.45) is 5.10 Å². The van der Waals surface area contributed by atoms with Gasteiger partial charge in [0.1, 0.15) is 5.75 Å². The lowest BCUT2D eigenvalue weighted by atomic mass is 10.2. The number of hydrazone groups is 1. The number of benzene rings is 3. The van der Waals surface area contributed by atoms with Gasteiger partial charge < -0.3 is 5.11 Å². The molecule has 154 valence electrons. The van der Waals surface area contributed by atoms with Gasteiger partial charge in [0, 0.05) is 10.6 Å². The maximum atomic E-state index is 12.7. The molecule has 10 heteroatoms. The van der Waals surface area contributed by atoms with Gasteiger partial charge in [0.05, 0.1) is 21.8 Å². The summed E-state index contributed by atoms with van der Waals surface area (Å²) >= 11 is 11.9. The maximum Gasteiger partial charge on any atom is 0.271 e. The molecular formula is C20H15Cl2N3O4S. The molecule has 3 aromatic rings. The van der Waals surface area contributed by atoms with E-state index >= 15 is 0 Å². The molecule has 0 saturated heterocycles. The summed E-state index contributed by atoms with van der Waals surface area (Å²) in [5, 5.41) is 13.7. The summed E-state index contributed by atoms with van der Waals surface area (Å²) in [7, 11) is -4.02. The number of carbonyl (C=O) groups excluding carboxylic acids is 1. The summed E-state index contributed by atoms with van der Waals surface area (Å²) < 4.78 is 27.7. The van der Waals surface area contributed by atoms with Gasteiger partial charge >= 0.3 is 0 Å². The highest BCUT2D eigenvalue weighted by atomic mass is 35.5. The number of anilines is 1. The monoisotopic (exact) mass is 463 g/mol. The first-order valence-corrected chi connectivity index (χ1v) is 10.7. The summed E-state index contributed by atoms with van der Waals surface area (Å²) in [5.74, 6) is -0.542. The molecule has 0 atom stereocenters. The molecule has 0 aliphatic rings. The van der Waals surface area contributed by atoms with E-state index in [0.29, 0.717) is 10.6 Å². The summed E-state index contributed by atoms with van der Waals surface area (Å²) in [5.41, 5.74) is 3.09. The molecule has 0 fully saturated rings. The number of amides is 1. The van der Waals surface area contributed by atoms with E-state index in [9.17, 15) is 18.3 Å². The fraction of sp³-hybridized carbons (Fsp3) is 0. The largest absolute Gasteiger partial charge is 0.508 e. The second kappa shape index (κ2) is 9.17. The number of phenolic OH excluding ortho intramolecular Hbond substituents is 1. The van der Waals surface area contributed by atoms with Gasteiger partial charge in [-0.2, -0.15) is 5.10 Å². The number of nitrogens with zero attached hydrogens (tertiary/aromatic N) is 1. The van der Waals surface area contributed by atoms with Crippen LogP contribution in [0, 0.1) is 0 Å². The number of nitrogens with one attached hydrogen (secondary N) is 2. The second-order valence-corrected chi connectivity index (χ2v) is 8.58. The molecule has 0 saturated carbocycles. The Morgan fingerprint density at radius 3 is 2.53 bits per heavy atom. The standard InChI is InChI=1S/C20H15Cl2N3O4S/c21-15-7-8-18(22)19(11-15)25-30(28,29)17-6-2-4-14(10-17)20(27)24-23-12-13-3-1-5-16(26)9-13/h1-12,25-26H,(H,24,27)/b23-12-. The number of phenols is 1. The molecule has 3 rings (SSSR count). The Kier molecular flexibility index (Phi) is 6.61. The van der Waals surface area contributed by atoms with E-state index < -0.39 is 15.9 Å². The molecule has 7 nitrogen and oxygen atoms in total. The van der Waals surface area contributed by atoms with Crippen molar-refractivity contribution in [3.63, 3.8) is 0 Å². The van der Waals surface area contributed by atoms with Crippen LogP contribution in [0.4, 0.5) is 5.69 Å². The Bertz CT molecular complexity index is 1230. The molecule has 0 aliphatic carbocycles. The third-order valence-corrected chi connectivity index (χ3v) is 5.76.